The summed E-state index contributed by atoms with van der Waals surface area (Å²) in [4.78, 5) is 14.5. The third kappa shape index (κ3) is 5.98. The molecule has 0 aromatic rings. The fourth-order valence-corrected chi connectivity index (χ4v) is 4.04. The van der Waals surface area contributed by atoms with Crippen LogP contribution in [0.1, 0.15) is 79.6 Å². The zero-order valence-corrected chi connectivity index (χ0v) is 15.7. The first-order valence-electron chi connectivity index (χ1n) is 9.50. The lowest BCUT2D eigenvalue weighted by molar-refractivity contribution is 0.00779. The van der Waals surface area contributed by atoms with Crippen molar-refractivity contribution in [1.82, 2.24) is 10.2 Å². The highest BCUT2D eigenvalue weighted by atomic mass is 16.6. The topological polar surface area (TPSA) is 41.6 Å². The van der Waals surface area contributed by atoms with Crippen molar-refractivity contribution in [3.05, 3.63) is 0 Å². The van der Waals surface area contributed by atoms with E-state index in [1.165, 1.54) is 25.7 Å². The molecule has 1 aliphatic carbocycles. The summed E-state index contributed by atoms with van der Waals surface area (Å²) in [5.74, 6) is 0.854. The van der Waals surface area contributed by atoms with E-state index in [0.29, 0.717) is 18.1 Å². The highest BCUT2D eigenvalue weighted by Crippen LogP contribution is 2.27. The zero-order valence-electron chi connectivity index (χ0n) is 15.7. The summed E-state index contributed by atoms with van der Waals surface area (Å²) in [6.45, 7) is 11.3. The molecule has 0 radical (unpaired) electrons. The first-order chi connectivity index (χ1) is 10.7. The van der Waals surface area contributed by atoms with Gasteiger partial charge in [-0.25, -0.2) is 4.79 Å². The number of ether oxygens (including phenoxy) is 1. The Balaban J connectivity index is 1.86. The first-order valence-corrected chi connectivity index (χ1v) is 9.50. The smallest absolute Gasteiger partial charge is 0.410 e. The van der Waals surface area contributed by atoms with Crippen LogP contribution >= 0.6 is 0 Å². The average Bonchev–Trinajstić information content (AvgIpc) is 2.82. The van der Waals surface area contributed by atoms with Gasteiger partial charge >= 0.3 is 6.09 Å². The molecule has 134 valence electrons. The highest BCUT2D eigenvalue weighted by molar-refractivity contribution is 5.68. The molecule has 0 aromatic heterocycles. The van der Waals surface area contributed by atoms with Crippen molar-refractivity contribution in [3.63, 3.8) is 0 Å². The summed E-state index contributed by atoms with van der Waals surface area (Å²) in [6, 6.07) is 1.44. The van der Waals surface area contributed by atoms with E-state index >= 15 is 0 Å². The van der Waals surface area contributed by atoms with Gasteiger partial charge in [0.2, 0.25) is 0 Å². The minimum atomic E-state index is -0.414. The molecule has 4 unspecified atom stereocenters. The minimum absolute atomic E-state index is 0.135. The van der Waals surface area contributed by atoms with Crippen LogP contribution < -0.4 is 5.32 Å². The molecule has 0 bridgehead atoms. The van der Waals surface area contributed by atoms with E-state index in [4.69, 9.17) is 4.74 Å². The Hall–Kier alpha value is -0.770. The number of hydrogen-bond donors (Lipinski definition) is 1. The van der Waals surface area contributed by atoms with Gasteiger partial charge in [-0.05, 0) is 78.6 Å². The molecule has 1 N–H and O–H groups in total. The molecule has 2 fully saturated rings. The largest absolute Gasteiger partial charge is 0.444 e. The number of rotatable bonds is 4. The van der Waals surface area contributed by atoms with Gasteiger partial charge in [-0.2, -0.15) is 0 Å². The van der Waals surface area contributed by atoms with E-state index in [9.17, 15) is 4.79 Å². The lowest BCUT2D eigenvalue weighted by Crippen LogP contribution is -2.49. The molecule has 1 saturated heterocycles. The van der Waals surface area contributed by atoms with E-state index in [-0.39, 0.29) is 6.09 Å². The normalized spacial score (nSPS) is 30.3. The van der Waals surface area contributed by atoms with Crippen molar-refractivity contribution in [1.29, 1.82) is 0 Å². The molecule has 4 heteroatoms. The molecule has 23 heavy (non-hydrogen) atoms. The molecule has 4 nitrogen and oxygen atoms in total. The van der Waals surface area contributed by atoms with Gasteiger partial charge in [-0.3, -0.25) is 0 Å². The van der Waals surface area contributed by atoms with Crippen molar-refractivity contribution >= 4 is 6.09 Å². The maximum absolute atomic E-state index is 12.5. The monoisotopic (exact) mass is 324 g/mol. The van der Waals surface area contributed by atoms with E-state index < -0.39 is 5.60 Å². The Labute approximate surface area is 142 Å². The lowest BCUT2D eigenvalue weighted by Gasteiger charge is -2.38. The highest BCUT2D eigenvalue weighted by Gasteiger charge is 2.32. The third-order valence-corrected chi connectivity index (χ3v) is 5.10. The average molecular weight is 325 g/mol. The summed E-state index contributed by atoms with van der Waals surface area (Å²) < 4.78 is 5.60. The second-order valence-electron chi connectivity index (χ2n) is 8.74. The molecular weight excluding hydrogens is 288 g/mol. The number of carbonyl (C=O) groups excluding carboxylic acids is 1. The fraction of sp³-hybridized carbons (Fsp3) is 0.947. The Bertz CT molecular complexity index is 391. The number of nitrogens with one attached hydrogen (secondary N) is 1. The number of hydrogen-bond acceptors (Lipinski definition) is 3. The Kier molecular flexibility index (Phi) is 6.35. The molecule has 2 rings (SSSR count). The molecule has 1 aliphatic heterocycles. The molecule has 1 saturated carbocycles. The number of nitrogens with zero attached hydrogens (tertiary/aromatic N) is 1. The van der Waals surface area contributed by atoms with Crippen molar-refractivity contribution < 1.29 is 9.53 Å². The summed E-state index contributed by atoms with van der Waals surface area (Å²) in [7, 11) is 0. The van der Waals surface area contributed by atoms with Crippen LogP contribution in [0.15, 0.2) is 0 Å². The van der Waals surface area contributed by atoms with Crippen LogP contribution in [-0.2, 0) is 4.74 Å². The summed E-state index contributed by atoms with van der Waals surface area (Å²) in [6.07, 6.45) is 8.25. The van der Waals surface area contributed by atoms with Crippen molar-refractivity contribution in [2.24, 2.45) is 5.92 Å². The first kappa shape index (κ1) is 18.6. The fourth-order valence-electron chi connectivity index (χ4n) is 4.04. The molecule has 1 amide bonds. The Morgan fingerprint density at radius 3 is 2.61 bits per heavy atom. The van der Waals surface area contributed by atoms with Gasteiger partial charge < -0.3 is 15.0 Å². The maximum Gasteiger partial charge on any atom is 0.410 e. The summed E-state index contributed by atoms with van der Waals surface area (Å²) in [5, 5.41) is 3.79. The zero-order chi connectivity index (χ0) is 17.0. The molecule has 0 spiro atoms. The number of piperidine rings is 1. The number of likely N-dealkylation sites (tertiary alicyclic amines) is 1. The van der Waals surface area contributed by atoms with Gasteiger partial charge in [0, 0.05) is 24.7 Å². The van der Waals surface area contributed by atoms with Gasteiger partial charge in [-0.15, -0.1) is 0 Å². The predicted molar refractivity (Wildman–Crippen MR) is 94.6 cm³/mol. The lowest BCUT2D eigenvalue weighted by atomic mass is 9.96. The SMILES string of the molecule is CC1CCC(NC(C)CC2CCCCN2C(=O)OC(C)(C)C)C1. The van der Waals surface area contributed by atoms with E-state index in [2.05, 4.69) is 19.2 Å². The molecular formula is C19H36N2O2. The molecule has 1 heterocycles. The van der Waals surface area contributed by atoms with Crippen LogP contribution in [0.5, 0.6) is 0 Å². The second-order valence-corrected chi connectivity index (χ2v) is 8.74. The van der Waals surface area contributed by atoms with E-state index in [0.717, 1.165) is 31.7 Å². The van der Waals surface area contributed by atoms with Crippen LogP contribution in [0.4, 0.5) is 4.79 Å². The quantitative estimate of drug-likeness (QED) is 0.836. The van der Waals surface area contributed by atoms with Crippen LogP contribution in [0.2, 0.25) is 0 Å². The van der Waals surface area contributed by atoms with Crippen LogP contribution in [0.3, 0.4) is 0 Å². The van der Waals surface area contributed by atoms with Crippen LogP contribution in [-0.4, -0.2) is 41.3 Å². The van der Waals surface area contributed by atoms with E-state index in [1.54, 1.807) is 0 Å². The third-order valence-electron chi connectivity index (χ3n) is 5.10. The van der Waals surface area contributed by atoms with Gasteiger partial charge in [0.25, 0.3) is 0 Å². The standard InChI is InChI=1S/C19H36N2O2/c1-14-9-10-16(12-14)20-15(2)13-17-8-6-7-11-21(17)18(22)23-19(3,4)5/h14-17,20H,6-13H2,1-5H3. The van der Waals surface area contributed by atoms with Crippen molar-refractivity contribution in [3.8, 4) is 0 Å². The molecule has 2 aliphatic rings. The van der Waals surface area contributed by atoms with Gasteiger partial charge in [0.05, 0.1) is 0 Å². The van der Waals surface area contributed by atoms with Gasteiger partial charge in [-0.1, -0.05) is 6.92 Å². The summed E-state index contributed by atoms with van der Waals surface area (Å²) >= 11 is 0. The minimum Gasteiger partial charge on any atom is -0.444 e. The Morgan fingerprint density at radius 1 is 1.26 bits per heavy atom. The van der Waals surface area contributed by atoms with E-state index in [1.807, 2.05) is 25.7 Å². The predicted octanol–water partition coefficient (Wildman–Crippen LogP) is 4.33. The number of carbonyl (C=O) groups is 1. The van der Waals surface area contributed by atoms with Crippen molar-refractivity contribution in [2.75, 3.05) is 6.54 Å². The molecule has 4 atom stereocenters. The van der Waals surface area contributed by atoms with Crippen LogP contribution in [0, 0.1) is 5.92 Å². The Morgan fingerprint density at radius 2 is 2.00 bits per heavy atom. The number of amides is 1. The maximum atomic E-state index is 12.5. The van der Waals surface area contributed by atoms with Gasteiger partial charge in [0.1, 0.15) is 5.60 Å². The second kappa shape index (κ2) is 7.87. The van der Waals surface area contributed by atoms with Gasteiger partial charge in [0.15, 0.2) is 0 Å². The van der Waals surface area contributed by atoms with Crippen molar-refractivity contribution in [2.45, 2.75) is 103 Å². The summed E-state index contributed by atoms with van der Waals surface area (Å²) in [5.41, 5.74) is -0.414. The molecule has 0 aromatic carbocycles. The van der Waals surface area contributed by atoms with Crippen LogP contribution in [0.25, 0.3) is 0 Å².